The molecule has 1 N–H and O–H groups in total. The first-order valence-corrected chi connectivity index (χ1v) is 3.93. The maximum absolute atomic E-state index is 11.1. The van der Waals surface area contributed by atoms with E-state index in [1.807, 2.05) is 6.82 Å². The Kier molecular flexibility index (Phi) is 2.78. The third-order valence-electron chi connectivity index (χ3n) is 2.01. The molecule has 0 aromatic carbocycles. The van der Waals surface area contributed by atoms with Crippen LogP contribution in [0.1, 0.15) is 25.7 Å². The first kappa shape index (κ1) is 7.64. The lowest BCUT2D eigenvalue weighted by Gasteiger charge is -2.06. The lowest BCUT2D eigenvalue weighted by Crippen LogP contribution is -2.30. The molecule has 0 bridgehead atoms. The monoisotopic (exact) mass is 138 g/mol. The van der Waals surface area contributed by atoms with E-state index in [-0.39, 0.29) is 5.91 Å². The highest BCUT2D eigenvalue weighted by molar-refractivity contribution is 6.35. The minimum absolute atomic E-state index is 0.208. The molecular formula is C7H13BNO. The standard InChI is InChI=1S/C7H13BNO/c1-8-9-7(10)6-4-2-3-5-6/h6H,2-5H2,1H3,(H,9,10). The summed E-state index contributed by atoms with van der Waals surface area (Å²) < 4.78 is 0. The van der Waals surface area contributed by atoms with E-state index in [9.17, 15) is 4.79 Å². The fourth-order valence-electron chi connectivity index (χ4n) is 1.45. The Labute approximate surface area is 62.6 Å². The molecule has 1 aliphatic carbocycles. The van der Waals surface area contributed by atoms with E-state index in [2.05, 4.69) is 5.23 Å². The van der Waals surface area contributed by atoms with Crippen LogP contribution in [0.25, 0.3) is 0 Å². The fourth-order valence-corrected chi connectivity index (χ4v) is 1.45. The van der Waals surface area contributed by atoms with E-state index in [4.69, 9.17) is 0 Å². The average Bonchev–Trinajstić information content (AvgIpc) is 2.38. The van der Waals surface area contributed by atoms with Gasteiger partial charge in [-0.05, 0) is 12.8 Å². The van der Waals surface area contributed by atoms with Crippen molar-refractivity contribution in [2.24, 2.45) is 5.92 Å². The van der Waals surface area contributed by atoms with Gasteiger partial charge in [0.05, 0.1) is 0 Å². The second-order valence-electron chi connectivity index (χ2n) is 2.78. The molecule has 0 aromatic heterocycles. The van der Waals surface area contributed by atoms with Crippen LogP contribution in [0.3, 0.4) is 0 Å². The Morgan fingerprint density at radius 2 is 2.10 bits per heavy atom. The molecule has 1 saturated carbocycles. The number of carbonyl (C=O) groups is 1. The molecule has 0 unspecified atom stereocenters. The largest absolute Gasteiger partial charge is 0.403 e. The molecular weight excluding hydrogens is 125 g/mol. The molecule has 0 atom stereocenters. The second kappa shape index (κ2) is 3.64. The molecule has 0 spiro atoms. The van der Waals surface area contributed by atoms with Crippen LogP contribution in [0.2, 0.25) is 6.82 Å². The van der Waals surface area contributed by atoms with E-state index >= 15 is 0 Å². The summed E-state index contributed by atoms with van der Waals surface area (Å²) in [7, 11) is 1.71. The number of nitrogens with one attached hydrogen (secondary N) is 1. The SMILES string of the molecule is C[B]NC(=O)C1CCCC1. The van der Waals surface area contributed by atoms with Crippen LogP contribution in [0.5, 0.6) is 0 Å². The molecule has 0 aromatic rings. The van der Waals surface area contributed by atoms with Crippen LogP contribution in [0.15, 0.2) is 0 Å². The zero-order valence-corrected chi connectivity index (χ0v) is 6.39. The van der Waals surface area contributed by atoms with Gasteiger partial charge in [0, 0.05) is 5.92 Å². The molecule has 1 amide bonds. The Morgan fingerprint density at radius 3 is 2.60 bits per heavy atom. The van der Waals surface area contributed by atoms with Crippen molar-refractivity contribution in [3.63, 3.8) is 0 Å². The zero-order valence-electron chi connectivity index (χ0n) is 6.39. The van der Waals surface area contributed by atoms with Gasteiger partial charge in [-0.25, -0.2) is 0 Å². The van der Waals surface area contributed by atoms with Crippen LogP contribution >= 0.6 is 0 Å². The van der Waals surface area contributed by atoms with Crippen molar-refractivity contribution in [3.8, 4) is 0 Å². The maximum atomic E-state index is 11.1. The van der Waals surface area contributed by atoms with Crippen LogP contribution in [-0.2, 0) is 4.79 Å². The van der Waals surface area contributed by atoms with E-state index in [0.29, 0.717) is 5.92 Å². The van der Waals surface area contributed by atoms with Crippen molar-refractivity contribution in [2.45, 2.75) is 32.5 Å². The Morgan fingerprint density at radius 1 is 1.50 bits per heavy atom. The third kappa shape index (κ3) is 1.76. The predicted molar refractivity (Wildman–Crippen MR) is 41.7 cm³/mol. The summed E-state index contributed by atoms with van der Waals surface area (Å²) in [6.45, 7) is 1.84. The smallest absolute Gasteiger partial charge is 0.242 e. The van der Waals surface area contributed by atoms with Crippen molar-refractivity contribution in [2.75, 3.05) is 0 Å². The van der Waals surface area contributed by atoms with Gasteiger partial charge in [-0.2, -0.15) is 0 Å². The van der Waals surface area contributed by atoms with Gasteiger partial charge in [-0.15, -0.1) is 0 Å². The summed E-state index contributed by atoms with van der Waals surface area (Å²) in [6.07, 6.45) is 4.61. The molecule has 10 heavy (non-hydrogen) atoms. The highest BCUT2D eigenvalue weighted by Gasteiger charge is 2.21. The Bertz CT molecular complexity index is 121. The molecule has 1 rings (SSSR count). The normalized spacial score (nSPS) is 18.9. The average molecular weight is 138 g/mol. The molecule has 1 aliphatic rings. The summed E-state index contributed by atoms with van der Waals surface area (Å²) in [5.41, 5.74) is 0. The molecule has 2 nitrogen and oxygen atoms in total. The number of amides is 1. The van der Waals surface area contributed by atoms with Gasteiger partial charge < -0.3 is 5.23 Å². The number of rotatable bonds is 2. The van der Waals surface area contributed by atoms with E-state index in [0.717, 1.165) is 12.8 Å². The van der Waals surface area contributed by atoms with E-state index in [1.165, 1.54) is 12.8 Å². The predicted octanol–water partition coefficient (Wildman–Crippen LogP) is 0.960. The van der Waals surface area contributed by atoms with Gasteiger partial charge in [0.15, 0.2) is 0 Å². The lowest BCUT2D eigenvalue weighted by molar-refractivity contribution is -0.123. The maximum Gasteiger partial charge on any atom is 0.242 e. The third-order valence-corrected chi connectivity index (χ3v) is 2.01. The van der Waals surface area contributed by atoms with Crippen molar-refractivity contribution in [3.05, 3.63) is 0 Å². The van der Waals surface area contributed by atoms with E-state index in [1.54, 1.807) is 7.41 Å². The summed E-state index contributed by atoms with van der Waals surface area (Å²) in [6, 6.07) is 0. The van der Waals surface area contributed by atoms with Gasteiger partial charge in [0.25, 0.3) is 0 Å². The number of hydrogen-bond acceptors (Lipinski definition) is 1. The molecule has 0 aliphatic heterocycles. The number of hydrogen-bond donors (Lipinski definition) is 1. The van der Waals surface area contributed by atoms with Crippen LogP contribution in [-0.4, -0.2) is 13.3 Å². The van der Waals surface area contributed by atoms with Gasteiger partial charge in [-0.1, -0.05) is 19.7 Å². The molecule has 55 valence electrons. The molecule has 0 heterocycles. The van der Waals surface area contributed by atoms with Crippen molar-refractivity contribution >= 4 is 13.3 Å². The van der Waals surface area contributed by atoms with Crippen molar-refractivity contribution in [1.82, 2.24) is 5.23 Å². The fraction of sp³-hybridized carbons (Fsp3) is 0.857. The first-order chi connectivity index (χ1) is 4.84. The van der Waals surface area contributed by atoms with Gasteiger partial charge in [-0.3, -0.25) is 4.79 Å². The molecule has 1 fully saturated rings. The highest BCUT2D eigenvalue weighted by Crippen LogP contribution is 2.24. The summed E-state index contributed by atoms with van der Waals surface area (Å²) >= 11 is 0. The summed E-state index contributed by atoms with van der Waals surface area (Å²) in [5.74, 6) is 0.510. The van der Waals surface area contributed by atoms with Crippen LogP contribution in [0, 0.1) is 5.92 Å². The topological polar surface area (TPSA) is 29.1 Å². The van der Waals surface area contributed by atoms with E-state index < -0.39 is 0 Å². The summed E-state index contributed by atoms with van der Waals surface area (Å²) in [4.78, 5) is 11.1. The van der Waals surface area contributed by atoms with Crippen LogP contribution < -0.4 is 5.23 Å². The van der Waals surface area contributed by atoms with Gasteiger partial charge in [0.1, 0.15) is 0 Å². The first-order valence-electron chi connectivity index (χ1n) is 3.93. The quantitative estimate of drug-likeness (QED) is 0.565. The van der Waals surface area contributed by atoms with Crippen molar-refractivity contribution < 1.29 is 4.79 Å². The van der Waals surface area contributed by atoms with Crippen molar-refractivity contribution in [1.29, 1.82) is 0 Å². The van der Waals surface area contributed by atoms with Gasteiger partial charge >= 0.3 is 0 Å². The minimum Gasteiger partial charge on any atom is -0.403 e. The summed E-state index contributed by atoms with van der Waals surface area (Å²) in [5, 5.41) is 2.72. The Hall–Kier alpha value is -0.465. The lowest BCUT2D eigenvalue weighted by atomic mass is 9.97. The second-order valence-corrected chi connectivity index (χ2v) is 2.78. The molecule has 1 radical (unpaired) electrons. The van der Waals surface area contributed by atoms with Crippen LogP contribution in [0.4, 0.5) is 0 Å². The highest BCUT2D eigenvalue weighted by atomic mass is 16.1. The minimum atomic E-state index is 0.208. The molecule has 3 heteroatoms. The molecule has 0 saturated heterocycles. The number of carbonyl (C=O) groups excluding carboxylic acids is 1. The zero-order chi connectivity index (χ0) is 7.40. The Balaban J connectivity index is 2.25. The van der Waals surface area contributed by atoms with Gasteiger partial charge in [0.2, 0.25) is 13.3 Å².